The fourth-order valence-electron chi connectivity index (χ4n) is 3.17. The Morgan fingerprint density at radius 1 is 0.848 bits per heavy atom. The van der Waals surface area contributed by atoms with E-state index >= 15 is 0 Å². The van der Waals surface area contributed by atoms with E-state index in [0.717, 1.165) is 19.3 Å². The van der Waals surface area contributed by atoms with E-state index in [1.807, 2.05) is 0 Å². The predicted octanol–water partition coefficient (Wildman–Crippen LogP) is 7.06. The molecule has 0 heterocycles. The highest BCUT2D eigenvalue weighted by atomic mass is 19.1. The number of hydrogen-bond acceptors (Lipinski definition) is 5. The van der Waals surface area contributed by atoms with Crippen molar-refractivity contribution in [1.29, 1.82) is 0 Å². The van der Waals surface area contributed by atoms with Gasteiger partial charge in [0, 0.05) is 6.42 Å². The Bertz CT molecular complexity index is 861. The van der Waals surface area contributed by atoms with E-state index in [1.165, 1.54) is 43.5 Å². The van der Waals surface area contributed by atoms with Crippen molar-refractivity contribution in [3.05, 3.63) is 72.3 Å². The molecular weight excluding hydrogens is 423 g/mol. The third kappa shape index (κ3) is 9.89. The van der Waals surface area contributed by atoms with Gasteiger partial charge >= 0.3 is 11.9 Å². The van der Waals surface area contributed by atoms with Gasteiger partial charge in [0.25, 0.3) is 0 Å². The third-order valence-electron chi connectivity index (χ3n) is 5.03. The number of hydrogen-bond donors (Lipinski definition) is 0. The van der Waals surface area contributed by atoms with Gasteiger partial charge in [0.15, 0.2) is 0 Å². The molecule has 2 aromatic rings. The van der Waals surface area contributed by atoms with E-state index < -0.39 is 18.3 Å². The average molecular weight is 457 g/mol. The van der Waals surface area contributed by atoms with Crippen LogP contribution in [0.4, 0.5) is 4.39 Å². The first-order valence-corrected chi connectivity index (χ1v) is 11.5. The number of rotatable bonds is 15. The van der Waals surface area contributed by atoms with E-state index in [4.69, 9.17) is 14.2 Å². The number of carbonyl (C=O) groups excluding carboxylic acids is 2. The second kappa shape index (κ2) is 14.8. The van der Waals surface area contributed by atoms with Gasteiger partial charge in [-0.25, -0.2) is 14.0 Å². The number of ether oxygens (including phenoxy) is 3. The number of esters is 2. The SMILES string of the molecule is C=CCOc1ccc(C(=O)Oc2ccc(C(=O)OC(F)CCCCCCCCC)cc2)cc1. The maximum absolute atomic E-state index is 14.0. The van der Waals surface area contributed by atoms with Gasteiger partial charge in [0.05, 0.1) is 11.1 Å². The molecule has 0 saturated heterocycles. The summed E-state index contributed by atoms with van der Waals surface area (Å²) in [7, 11) is 0. The van der Waals surface area contributed by atoms with Gasteiger partial charge in [-0.1, -0.05) is 58.1 Å². The molecule has 0 radical (unpaired) electrons. The van der Waals surface area contributed by atoms with Crippen LogP contribution in [0.15, 0.2) is 61.2 Å². The van der Waals surface area contributed by atoms with Crippen LogP contribution in [0.25, 0.3) is 0 Å². The lowest BCUT2D eigenvalue weighted by molar-refractivity contribution is -0.0195. The van der Waals surface area contributed by atoms with Gasteiger partial charge in [-0.2, -0.15) is 0 Å². The average Bonchev–Trinajstić information content (AvgIpc) is 2.83. The number of carbonyl (C=O) groups is 2. The van der Waals surface area contributed by atoms with Crippen LogP contribution in [0.3, 0.4) is 0 Å². The van der Waals surface area contributed by atoms with Crippen LogP contribution < -0.4 is 9.47 Å². The van der Waals surface area contributed by atoms with Gasteiger partial charge in [-0.15, -0.1) is 0 Å². The lowest BCUT2D eigenvalue weighted by Gasteiger charge is -2.10. The Balaban J connectivity index is 1.75. The first-order valence-electron chi connectivity index (χ1n) is 11.5. The second-order valence-electron chi connectivity index (χ2n) is 7.76. The first-order chi connectivity index (χ1) is 16.0. The summed E-state index contributed by atoms with van der Waals surface area (Å²) in [6.45, 7) is 6.12. The summed E-state index contributed by atoms with van der Waals surface area (Å²) in [5.74, 6) is -0.395. The number of unbranched alkanes of at least 4 members (excludes halogenated alkanes) is 6. The summed E-state index contributed by atoms with van der Waals surface area (Å²) in [6.07, 6.45) is 7.73. The van der Waals surface area contributed by atoms with Crippen LogP contribution in [0, 0.1) is 0 Å². The van der Waals surface area contributed by atoms with Crippen molar-refractivity contribution in [3.8, 4) is 11.5 Å². The molecule has 0 aliphatic carbocycles. The zero-order valence-electron chi connectivity index (χ0n) is 19.3. The molecule has 0 amide bonds. The molecule has 0 aromatic heterocycles. The smallest absolute Gasteiger partial charge is 0.343 e. The van der Waals surface area contributed by atoms with Crippen molar-refractivity contribution in [3.63, 3.8) is 0 Å². The van der Waals surface area contributed by atoms with Gasteiger partial charge < -0.3 is 14.2 Å². The second-order valence-corrected chi connectivity index (χ2v) is 7.76. The summed E-state index contributed by atoms with van der Waals surface area (Å²) in [6, 6.07) is 12.4. The highest BCUT2D eigenvalue weighted by Gasteiger charge is 2.15. The Hall–Kier alpha value is -3.15. The lowest BCUT2D eigenvalue weighted by atomic mass is 10.1. The van der Waals surface area contributed by atoms with Gasteiger partial charge in [-0.05, 0) is 55.0 Å². The molecule has 5 nitrogen and oxygen atoms in total. The normalized spacial score (nSPS) is 11.5. The molecule has 1 atom stereocenters. The third-order valence-corrected chi connectivity index (χ3v) is 5.03. The Morgan fingerprint density at radius 2 is 1.39 bits per heavy atom. The molecule has 178 valence electrons. The van der Waals surface area contributed by atoms with Crippen molar-refractivity contribution < 1.29 is 28.2 Å². The van der Waals surface area contributed by atoms with Gasteiger partial charge in [0.2, 0.25) is 6.36 Å². The maximum Gasteiger partial charge on any atom is 0.343 e. The molecular formula is C27H33FO5. The predicted molar refractivity (Wildman–Crippen MR) is 126 cm³/mol. The summed E-state index contributed by atoms with van der Waals surface area (Å²) in [5, 5.41) is 0. The van der Waals surface area contributed by atoms with Crippen LogP contribution >= 0.6 is 0 Å². The van der Waals surface area contributed by atoms with E-state index in [9.17, 15) is 14.0 Å². The minimum Gasteiger partial charge on any atom is -0.490 e. The van der Waals surface area contributed by atoms with Crippen LogP contribution in [0.5, 0.6) is 11.5 Å². The van der Waals surface area contributed by atoms with Crippen molar-refractivity contribution >= 4 is 11.9 Å². The van der Waals surface area contributed by atoms with E-state index in [1.54, 1.807) is 30.3 Å². The standard InChI is InChI=1S/C27H33FO5/c1-3-5-6-7-8-9-10-11-25(28)33-27(30)22-14-18-24(19-15-22)32-26(29)21-12-16-23(17-13-21)31-20-4-2/h4,12-19,25H,2-3,5-11,20H2,1H3. The number of halogens is 1. The maximum atomic E-state index is 14.0. The number of alkyl halides is 1. The Kier molecular flexibility index (Phi) is 11.7. The molecule has 0 saturated carbocycles. The molecule has 2 aromatic carbocycles. The van der Waals surface area contributed by atoms with Crippen molar-refractivity contribution in [2.75, 3.05) is 6.61 Å². The molecule has 0 N–H and O–H groups in total. The molecule has 0 bridgehead atoms. The van der Waals surface area contributed by atoms with Crippen molar-refractivity contribution in [2.24, 2.45) is 0 Å². The largest absolute Gasteiger partial charge is 0.490 e. The first kappa shape index (κ1) is 26.1. The molecule has 6 heteroatoms. The zero-order valence-corrected chi connectivity index (χ0v) is 19.3. The van der Waals surface area contributed by atoms with E-state index in [0.29, 0.717) is 24.3 Å². The fourth-order valence-corrected chi connectivity index (χ4v) is 3.17. The Morgan fingerprint density at radius 3 is 2.00 bits per heavy atom. The van der Waals surface area contributed by atoms with Crippen LogP contribution in [0.2, 0.25) is 0 Å². The van der Waals surface area contributed by atoms with Gasteiger partial charge in [0.1, 0.15) is 18.1 Å². The topological polar surface area (TPSA) is 61.8 Å². The molecule has 0 aliphatic heterocycles. The minimum absolute atomic E-state index is 0.195. The van der Waals surface area contributed by atoms with Gasteiger partial charge in [-0.3, -0.25) is 0 Å². The molecule has 0 spiro atoms. The lowest BCUT2D eigenvalue weighted by Crippen LogP contribution is -2.14. The Labute approximate surface area is 195 Å². The molecule has 0 fully saturated rings. The van der Waals surface area contributed by atoms with E-state index in [-0.39, 0.29) is 17.7 Å². The van der Waals surface area contributed by atoms with Crippen LogP contribution in [0.1, 0.15) is 79.0 Å². The summed E-state index contributed by atoms with van der Waals surface area (Å²) in [4.78, 5) is 24.4. The van der Waals surface area contributed by atoms with Crippen LogP contribution in [-0.2, 0) is 4.74 Å². The molecule has 33 heavy (non-hydrogen) atoms. The fraction of sp³-hybridized carbons (Fsp3) is 0.407. The van der Waals surface area contributed by atoms with E-state index in [2.05, 4.69) is 13.5 Å². The molecule has 0 aliphatic rings. The minimum atomic E-state index is -1.62. The summed E-state index contributed by atoms with van der Waals surface area (Å²) >= 11 is 0. The monoisotopic (exact) mass is 456 g/mol. The highest BCUT2D eigenvalue weighted by Crippen LogP contribution is 2.18. The summed E-state index contributed by atoms with van der Waals surface area (Å²) in [5.41, 5.74) is 0.552. The number of benzene rings is 2. The zero-order chi connectivity index (χ0) is 23.9. The summed E-state index contributed by atoms with van der Waals surface area (Å²) < 4.78 is 29.5. The van der Waals surface area contributed by atoms with Crippen molar-refractivity contribution in [2.45, 2.75) is 64.6 Å². The highest BCUT2D eigenvalue weighted by molar-refractivity contribution is 5.92. The quantitative estimate of drug-likeness (QED) is 0.124. The van der Waals surface area contributed by atoms with Crippen molar-refractivity contribution in [1.82, 2.24) is 0 Å². The molecule has 1 unspecified atom stereocenters. The molecule has 2 rings (SSSR count). The van der Waals surface area contributed by atoms with Crippen LogP contribution in [-0.4, -0.2) is 24.9 Å².